The van der Waals surface area contributed by atoms with Crippen molar-refractivity contribution in [3.05, 3.63) is 64.1 Å². The van der Waals surface area contributed by atoms with Crippen molar-refractivity contribution in [1.82, 2.24) is 9.80 Å². The van der Waals surface area contributed by atoms with Gasteiger partial charge in [-0.1, -0.05) is 93.7 Å². The Morgan fingerprint density at radius 1 is 0.861 bits per heavy atom. The molecule has 200 valence electrons. The van der Waals surface area contributed by atoms with Crippen LogP contribution in [0.15, 0.2) is 53.0 Å². The fourth-order valence-electron chi connectivity index (χ4n) is 4.61. The normalized spacial score (nSPS) is 12.4. The molecule has 0 radical (unpaired) electrons. The molecule has 2 aromatic rings. The predicted octanol–water partition coefficient (Wildman–Crippen LogP) is 6.90. The Bertz CT molecular complexity index is 885. The highest BCUT2D eigenvalue weighted by molar-refractivity contribution is 9.10. The third-order valence-electron chi connectivity index (χ3n) is 7.11. The quantitative estimate of drug-likeness (QED) is 0.197. The maximum absolute atomic E-state index is 13.0. The van der Waals surface area contributed by atoms with Crippen molar-refractivity contribution < 1.29 is 14.3 Å². The fraction of sp³-hybridized carbons (Fsp3) is 0.567. The summed E-state index contributed by atoms with van der Waals surface area (Å²) < 4.78 is 12.8. The van der Waals surface area contributed by atoms with Gasteiger partial charge in [0.2, 0.25) is 0 Å². The molecular weight excluding hydrogens is 516 g/mol. The molecule has 36 heavy (non-hydrogen) atoms. The summed E-state index contributed by atoms with van der Waals surface area (Å²) in [6, 6.07) is 15.3. The third-order valence-corrected chi connectivity index (χ3v) is 7.60. The highest BCUT2D eigenvalue weighted by Crippen LogP contribution is 2.27. The standard InChI is InChI=1S/C30H45BrN2O3/c1-6-25(7-2)26(21-33(10-5)19-18-32(8-3)9-4)23-35-29-17-16-27(31)20-28(29)30(34)36-22-24-14-12-11-13-15-24/h11-17,20,25-26H,6-10,18-19,21-23H2,1-5H3/t26-/m1/s1. The Morgan fingerprint density at radius 3 is 2.11 bits per heavy atom. The number of rotatable bonds is 17. The van der Waals surface area contributed by atoms with Crippen molar-refractivity contribution in [2.75, 3.05) is 45.9 Å². The Labute approximate surface area is 227 Å². The van der Waals surface area contributed by atoms with Crippen LogP contribution in [0.4, 0.5) is 0 Å². The number of benzene rings is 2. The summed E-state index contributed by atoms with van der Waals surface area (Å²) >= 11 is 3.50. The van der Waals surface area contributed by atoms with Gasteiger partial charge in [-0.15, -0.1) is 0 Å². The number of nitrogens with zero attached hydrogens (tertiary/aromatic N) is 2. The maximum atomic E-state index is 13.0. The molecule has 0 N–H and O–H groups in total. The number of halogens is 1. The summed E-state index contributed by atoms with van der Waals surface area (Å²) in [6.07, 6.45) is 2.23. The molecule has 6 heteroatoms. The minimum absolute atomic E-state index is 0.236. The largest absolute Gasteiger partial charge is 0.492 e. The molecule has 0 aliphatic carbocycles. The van der Waals surface area contributed by atoms with Gasteiger partial charge in [0.15, 0.2) is 0 Å². The second-order valence-electron chi connectivity index (χ2n) is 9.27. The van der Waals surface area contributed by atoms with Crippen molar-refractivity contribution in [2.45, 2.75) is 54.1 Å². The van der Waals surface area contributed by atoms with E-state index in [9.17, 15) is 4.79 Å². The molecule has 5 nitrogen and oxygen atoms in total. The molecule has 0 aromatic heterocycles. The van der Waals surface area contributed by atoms with E-state index in [4.69, 9.17) is 9.47 Å². The van der Waals surface area contributed by atoms with Crippen LogP contribution >= 0.6 is 15.9 Å². The third kappa shape index (κ3) is 9.87. The molecule has 0 unspecified atom stereocenters. The molecule has 0 aliphatic rings. The summed E-state index contributed by atoms with van der Waals surface area (Å²) in [7, 11) is 0. The zero-order chi connectivity index (χ0) is 26.3. The zero-order valence-corrected chi connectivity index (χ0v) is 24.4. The first-order valence-corrected chi connectivity index (χ1v) is 14.3. The van der Waals surface area contributed by atoms with Crippen molar-refractivity contribution in [3.8, 4) is 5.75 Å². The smallest absolute Gasteiger partial charge is 0.342 e. The van der Waals surface area contributed by atoms with Gasteiger partial charge in [0.1, 0.15) is 17.9 Å². The van der Waals surface area contributed by atoms with Gasteiger partial charge in [-0.3, -0.25) is 0 Å². The average molecular weight is 562 g/mol. The monoisotopic (exact) mass is 560 g/mol. The highest BCUT2D eigenvalue weighted by Gasteiger charge is 2.24. The first kappa shape index (κ1) is 30.3. The average Bonchev–Trinajstić information content (AvgIpc) is 2.91. The van der Waals surface area contributed by atoms with E-state index in [0.717, 1.165) is 62.1 Å². The number of ether oxygens (including phenoxy) is 2. The Kier molecular flexibility index (Phi) is 14.1. The molecule has 0 saturated carbocycles. The molecule has 0 amide bonds. The van der Waals surface area contributed by atoms with Crippen LogP contribution in [-0.4, -0.2) is 61.6 Å². The first-order valence-electron chi connectivity index (χ1n) is 13.5. The molecule has 0 bridgehead atoms. The minimum atomic E-state index is -0.372. The van der Waals surface area contributed by atoms with E-state index in [-0.39, 0.29) is 12.6 Å². The summed E-state index contributed by atoms with van der Waals surface area (Å²) in [4.78, 5) is 18.0. The van der Waals surface area contributed by atoms with E-state index in [1.54, 1.807) is 6.07 Å². The minimum Gasteiger partial charge on any atom is -0.492 e. The van der Waals surface area contributed by atoms with Crippen molar-refractivity contribution in [2.24, 2.45) is 11.8 Å². The number of carbonyl (C=O) groups is 1. The van der Waals surface area contributed by atoms with Gasteiger partial charge in [0.25, 0.3) is 0 Å². The molecule has 0 saturated heterocycles. The molecule has 1 atom stereocenters. The highest BCUT2D eigenvalue weighted by atomic mass is 79.9. The van der Waals surface area contributed by atoms with Crippen LogP contribution in [0.1, 0.15) is 63.4 Å². The Morgan fingerprint density at radius 2 is 1.50 bits per heavy atom. The van der Waals surface area contributed by atoms with E-state index in [0.29, 0.717) is 29.8 Å². The van der Waals surface area contributed by atoms with Gasteiger partial charge in [0, 0.05) is 30.0 Å². The summed E-state index contributed by atoms with van der Waals surface area (Å²) in [6.45, 7) is 18.4. The summed E-state index contributed by atoms with van der Waals surface area (Å²) in [5.41, 5.74) is 1.42. The molecule has 2 rings (SSSR count). The van der Waals surface area contributed by atoms with Crippen LogP contribution in [0.3, 0.4) is 0 Å². The van der Waals surface area contributed by atoms with E-state index in [1.807, 2.05) is 42.5 Å². The van der Waals surface area contributed by atoms with E-state index in [1.165, 1.54) is 0 Å². The molecule has 0 heterocycles. The van der Waals surface area contributed by atoms with Crippen molar-refractivity contribution in [3.63, 3.8) is 0 Å². The number of carbonyl (C=O) groups excluding carboxylic acids is 1. The lowest BCUT2D eigenvalue weighted by Gasteiger charge is -2.32. The maximum Gasteiger partial charge on any atom is 0.342 e. The van der Waals surface area contributed by atoms with Crippen LogP contribution in [0, 0.1) is 11.8 Å². The van der Waals surface area contributed by atoms with Crippen molar-refractivity contribution >= 4 is 21.9 Å². The van der Waals surface area contributed by atoms with E-state index < -0.39 is 0 Å². The lowest BCUT2D eigenvalue weighted by Crippen LogP contribution is -2.40. The second kappa shape index (κ2) is 16.8. The zero-order valence-electron chi connectivity index (χ0n) is 22.8. The van der Waals surface area contributed by atoms with Crippen LogP contribution in [0.25, 0.3) is 0 Å². The summed E-state index contributed by atoms with van der Waals surface area (Å²) in [5.74, 6) is 1.16. The van der Waals surface area contributed by atoms with Crippen LogP contribution < -0.4 is 4.74 Å². The molecular formula is C30H45BrN2O3. The molecule has 2 aromatic carbocycles. The topological polar surface area (TPSA) is 42.0 Å². The SMILES string of the molecule is CCC(CC)[C@@H](COc1ccc(Br)cc1C(=O)OCc1ccccc1)CN(CC)CCN(CC)CC. The Hall–Kier alpha value is -1.89. The second-order valence-corrected chi connectivity index (χ2v) is 10.2. The van der Waals surface area contributed by atoms with E-state index >= 15 is 0 Å². The van der Waals surface area contributed by atoms with E-state index in [2.05, 4.69) is 60.3 Å². The first-order chi connectivity index (χ1) is 17.4. The fourth-order valence-corrected chi connectivity index (χ4v) is 4.97. The van der Waals surface area contributed by atoms with Crippen molar-refractivity contribution in [1.29, 1.82) is 0 Å². The Balaban J connectivity index is 2.10. The number of esters is 1. The molecule has 0 fully saturated rings. The van der Waals surface area contributed by atoms with Gasteiger partial charge in [-0.05, 0) is 49.3 Å². The van der Waals surface area contributed by atoms with Gasteiger partial charge in [0.05, 0.1) is 6.61 Å². The number of hydrogen-bond acceptors (Lipinski definition) is 5. The van der Waals surface area contributed by atoms with Gasteiger partial charge in [-0.2, -0.15) is 0 Å². The lowest BCUT2D eigenvalue weighted by atomic mass is 9.88. The molecule has 0 aliphatic heterocycles. The lowest BCUT2D eigenvalue weighted by molar-refractivity contribution is 0.0465. The van der Waals surface area contributed by atoms with Crippen LogP contribution in [0.2, 0.25) is 0 Å². The number of likely N-dealkylation sites (N-methyl/N-ethyl adjacent to an activating group) is 2. The van der Waals surface area contributed by atoms with Crippen LogP contribution in [0.5, 0.6) is 5.75 Å². The van der Waals surface area contributed by atoms with Crippen LogP contribution in [-0.2, 0) is 11.3 Å². The summed E-state index contributed by atoms with van der Waals surface area (Å²) in [5, 5.41) is 0. The number of hydrogen-bond donors (Lipinski definition) is 0. The predicted molar refractivity (Wildman–Crippen MR) is 153 cm³/mol. The van der Waals surface area contributed by atoms with Gasteiger partial charge >= 0.3 is 5.97 Å². The molecule has 0 spiro atoms. The van der Waals surface area contributed by atoms with Gasteiger partial charge < -0.3 is 19.3 Å². The van der Waals surface area contributed by atoms with Gasteiger partial charge in [-0.25, -0.2) is 4.79 Å².